The smallest absolute Gasteiger partial charge is 0.164 e. The number of phenols is 5. The fourth-order valence-corrected chi connectivity index (χ4v) is 4.92. The molecule has 0 fully saturated rings. The van der Waals surface area contributed by atoms with Crippen LogP contribution < -0.4 is 18.9 Å². The zero-order chi connectivity index (χ0) is 31.1. The number of allylic oxidation sites excluding steroid dienone is 1. The maximum absolute atomic E-state index is 11.0. The van der Waals surface area contributed by atoms with E-state index in [1.54, 1.807) is 30.3 Å². The van der Waals surface area contributed by atoms with Crippen LogP contribution in [0.2, 0.25) is 0 Å². The normalized spacial score (nSPS) is 11.3. The average Bonchev–Trinajstić information content (AvgIpc) is 3.01. The molecular formula is C34H36O9. The van der Waals surface area contributed by atoms with Crippen LogP contribution in [0.15, 0.2) is 66.7 Å². The summed E-state index contributed by atoms with van der Waals surface area (Å²) < 4.78 is 21.3. The van der Waals surface area contributed by atoms with Gasteiger partial charge in [-0.3, -0.25) is 0 Å². The van der Waals surface area contributed by atoms with Gasteiger partial charge in [0.1, 0.15) is 17.2 Å². The van der Waals surface area contributed by atoms with E-state index < -0.39 is 0 Å². The summed E-state index contributed by atoms with van der Waals surface area (Å²) >= 11 is 0. The third kappa shape index (κ3) is 7.01. The Balaban J connectivity index is 1.75. The summed E-state index contributed by atoms with van der Waals surface area (Å²) in [7, 11) is 5.86. The van der Waals surface area contributed by atoms with Gasteiger partial charge in [-0.2, -0.15) is 0 Å². The van der Waals surface area contributed by atoms with Crippen molar-refractivity contribution in [2.24, 2.45) is 0 Å². The minimum atomic E-state index is -0.158. The first-order valence-corrected chi connectivity index (χ1v) is 13.6. The number of hydrogen-bond acceptors (Lipinski definition) is 9. The van der Waals surface area contributed by atoms with Gasteiger partial charge in [0.15, 0.2) is 34.5 Å². The third-order valence-electron chi connectivity index (χ3n) is 7.22. The lowest BCUT2D eigenvalue weighted by Crippen LogP contribution is -1.99. The average molecular weight is 589 g/mol. The van der Waals surface area contributed by atoms with E-state index >= 15 is 0 Å². The van der Waals surface area contributed by atoms with Gasteiger partial charge in [0.2, 0.25) is 0 Å². The molecule has 9 nitrogen and oxygen atoms in total. The van der Waals surface area contributed by atoms with Gasteiger partial charge in [-0.1, -0.05) is 18.2 Å². The Labute approximate surface area is 250 Å². The van der Waals surface area contributed by atoms with Crippen LogP contribution in [-0.2, 0) is 19.3 Å². The van der Waals surface area contributed by atoms with Crippen molar-refractivity contribution >= 4 is 5.57 Å². The van der Waals surface area contributed by atoms with E-state index in [1.165, 1.54) is 46.6 Å². The van der Waals surface area contributed by atoms with Crippen molar-refractivity contribution in [3.63, 3.8) is 0 Å². The molecule has 0 aliphatic heterocycles. The SMILES string of the molecule is COc1cc(C/C=C(\c2cc(O)c(OC)cc2O)c2cc(CCCc3ccc(O)c(OC)c3)c(O)cc2OC)ccc1O. The molecule has 226 valence electrons. The fraction of sp³-hybridized carbons (Fsp3) is 0.235. The molecule has 0 aromatic heterocycles. The Morgan fingerprint density at radius 3 is 1.72 bits per heavy atom. The van der Waals surface area contributed by atoms with Gasteiger partial charge in [-0.05, 0) is 84.3 Å². The maximum atomic E-state index is 11.0. The zero-order valence-corrected chi connectivity index (χ0v) is 24.5. The van der Waals surface area contributed by atoms with Crippen molar-refractivity contribution in [3.05, 3.63) is 94.6 Å². The van der Waals surface area contributed by atoms with Crippen molar-refractivity contribution < 1.29 is 44.5 Å². The summed E-state index contributed by atoms with van der Waals surface area (Å²) in [6.07, 6.45) is 4.13. The molecule has 9 heteroatoms. The summed E-state index contributed by atoms with van der Waals surface area (Å²) in [5.74, 6) is 1.08. The number of hydrogen-bond donors (Lipinski definition) is 5. The topological polar surface area (TPSA) is 138 Å². The number of aromatic hydroxyl groups is 5. The Morgan fingerprint density at radius 2 is 1.09 bits per heavy atom. The molecule has 0 saturated heterocycles. The first-order valence-electron chi connectivity index (χ1n) is 13.6. The summed E-state index contributed by atoms with van der Waals surface area (Å²) in [6.45, 7) is 0. The van der Waals surface area contributed by atoms with Crippen LogP contribution in [-0.4, -0.2) is 54.0 Å². The van der Waals surface area contributed by atoms with Crippen LogP contribution in [0.3, 0.4) is 0 Å². The molecule has 0 radical (unpaired) electrons. The quantitative estimate of drug-likeness (QED) is 0.124. The fourth-order valence-electron chi connectivity index (χ4n) is 4.92. The highest BCUT2D eigenvalue weighted by atomic mass is 16.5. The number of ether oxygens (including phenoxy) is 4. The first-order chi connectivity index (χ1) is 20.7. The number of aryl methyl sites for hydroxylation is 2. The van der Waals surface area contributed by atoms with Crippen LogP contribution in [0.5, 0.6) is 51.7 Å². The second-order valence-electron chi connectivity index (χ2n) is 9.91. The van der Waals surface area contributed by atoms with Crippen molar-refractivity contribution in [1.82, 2.24) is 0 Å². The Hall–Kier alpha value is -5.18. The van der Waals surface area contributed by atoms with E-state index in [-0.39, 0.29) is 34.5 Å². The van der Waals surface area contributed by atoms with Crippen LogP contribution >= 0.6 is 0 Å². The third-order valence-corrected chi connectivity index (χ3v) is 7.22. The minimum Gasteiger partial charge on any atom is -0.508 e. The summed E-state index contributed by atoms with van der Waals surface area (Å²) in [5, 5.41) is 52.4. The van der Waals surface area contributed by atoms with E-state index in [1.807, 2.05) is 18.2 Å². The van der Waals surface area contributed by atoms with Gasteiger partial charge in [-0.15, -0.1) is 0 Å². The second kappa shape index (κ2) is 13.7. The molecule has 0 amide bonds. The Bertz CT molecular complexity index is 1630. The van der Waals surface area contributed by atoms with Crippen molar-refractivity contribution in [1.29, 1.82) is 0 Å². The van der Waals surface area contributed by atoms with E-state index in [9.17, 15) is 25.5 Å². The standard InChI is InChI=1S/C34H36O9/c1-40-31-18-28(37)22(7-5-6-20-9-12-26(35)32(14-20)41-2)16-25(31)23(24-17-30(39)34(43-4)19-29(24)38)11-8-21-10-13-27(36)33(15-21)42-3/h9-19,35-39H,5-8H2,1-4H3/b23-11+. The summed E-state index contributed by atoms with van der Waals surface area (Å²) in [4.78, 5) is 0. The minimum absolute atomic E-state index is 0.0174. The summed E-state index contributed by atoms with van der Waals surface area (Å²) in [5.41, 5.74) is 3.93. The van der Waals surface area contributed by atoms with Crippen LogP contribution in [0, 0.1) is 0 Å². The molecule has 0 bridgehead atoms. The first kappa shape index (κ1) is 30.8. The van der Waals surface area contributed by atoms with Crippen LogP contribution in [0.25, 0.3) is 5.57 Å². The lowest BCUT2D eigenvalue weighted by molar-refractivity contribution is 0.368. The molecule has 43 heavy (non-hydrogen) atoms. The second-order valence-corrected chi connectivity index (χ2v) is 9.91. The number of methoxy groups -OCH3 is 4. The molecule has 0 atom stereocenters. The monoisotopic (exact) mass is 588 g/mol. The maximum Gasteiger partial charge on any atom is 0.164 e. The van der Waals surface area contributed by atoms with Crippen molar-refractivity contribution in [3.8, 4) is 51.7 Å². The molecule has 4 rings (SSSR count). The largest absolute Gasteiger partial charge is 0.508 e. The van der Waals surface area contributed by atoms with Crippen molar-refractivity contribution in [2.45, 2.75) is 25.7 Å². The molecular weight excluding hydrogens is 552 g/mol. The van der Waals surface area contributed by atoms with E-state index in [0.29, 0.717) is 65.2 Å². The van der Waals surface area contributed by atoms with Gasteiger partial charge >= 0.3 is 0 Å². The molecule has 0 heterocycles. The summed E-state index contributed by atoms with van der Waals surface area (Å²) in [6, 6.07) is 16.3. The Morgan fingerprint density at radius 1 is 0.535 bits per heavy atom. The van der Waals surface area contributed by atoms with Gasteiger partial charge < -0.3 is 44.5 Å². The lowest BCUT2D eigenvalue weighted by atomic mass is 9.91. The molecule has 4 aromatic carbocycles. The number of benzene rings is 4. The van der Waals surface area contributed by atoms with Gasteiger partial charge in [0.25, 0.3) is 0 Å². The van der Waals surface area contributed by atoms with Gasteiger partial charge in [0.05, 0.1) is 28.4 Å². The molecule has 0 saturated carbocycles. The molecule has 0 aliphatic rings. The van der Waals surface area contributed by atoms with E-state index in [4.69, 9.17) is 18.9 Å². The molecule has 0 spiro atoms. The van der Waals surface area contributed by atoms with Crippen molar-refractivity contribution in [2.75, 3.05) is 28.4 Å². The molecule has 4 aromatic rings. The molecule has 0 unspecified atom stereocenters. The highest BCUT2D eigenvalue weighted by Gasteiger charge is 2.20. The Kier molecular flexibility index (Phi) is 9.77. The van der Waals surface area contributed by atoms with Gasteiger partial charge in [-0.25, -0.2) is 0 Å². The predicted molar refractivity (Wildman–Crippen MR) is 163 cm³/mol. The highest BCUT2D eigenvalue weighted by Crippen LogP contribution is 2.43. The van der Waals surface area contributed by atoms with E-state index in [2.05, 4.69) is 0 Å². The van der Waals surface area contributed by atoms with E-state index in [0.717, 1.165) is 11.1 Å². The zero-order valence-electron chi connectivity index (χ0n) is 24.5. The predicted octanol–water partition coefficient (Wildman–Crippen LogP) is 6.10. The number of rotatable bonds is 12. The molecule has 0 aliphatic carbocycles. The molecule has 5 N–H and O–H groups in total. The van der Waals surface area contributed by atoms with Crippen LogP contribution in [0.1, 0.15) is 34.2 Å². The number of phenolic OH excluding ortho intramolecular Hbond substituents is 5. The van der Waals surface area contributed by atoms with Crippen LogP contribution in [0.4, 0.5) is 0 Å². The lowest BCUT2D eigenvalue weighted by Gasteiger charge is -2.18. The van der Waals surface area contributed by atoms with Gasteiger partial charge in [0, 0.05) is 23.3 Å². The highest BCUT2D eigenvalue weighted by molar-refractivity contribution is 5.87.